The van der Waals surface area contributed by atoms with Crippen molar-refractivity contribution in [3.8, 4) is 0 Å². The predicted molar refractivity (Wildman–Crippen MR) is 73.1 cm³/mol. The highest BCUT2D eigenvalue weighted by Gasteiger charge is 2.34. The maximum Gasteiger partial charge on any atom is 0.337 e. The van der Waals surface area contributed by atoms with Gasteiger partial charge >= 0.3 is 8.56 Å². The van der Waals surface area contributed by atoms with Gasteiger partial charge in [0.05, 0.1) is 0 Å². The highest BCUT2D eigenvalue weighted by atomic mass is 28.4. The van der Waals surface area contributed by atoms with Gasteiger partial charge in [-0.25, -0.2) is 0 Å². The van der Waals surface area contributed by atoms with Crippen LogP contribution in [0, 0.1) is 0 Å². The third-order valence-electron chi connectivity index (χ3n) is 2.79. The fourth-order valence-corrected chi connectivity index (χ4v) is 4.66. The second-order valence-corrected chi connectivity index (χ2v) is 7.66. The molecule has 0 radical (unpaired) electrons. The van der Waals surface area contributed by atoms with Crippen LogP contribution in [0.25, 0.3) is 0 Å². The molecule has 0 aromatic rings. The maximum absolute atomic E-state index is 5.88. The number of hydrogen-bond donors (Lipinski definition) is 1. The number of rotatable bonds is 11. The molecule has 5 heteroatoms. The lowest BCUT2D eigenvalue weighted by molar-refractivity contribution is 0.0538. The van der Waals surface area contributed by atoms with Gasteiger partial charge in [-0.15, -0.1) is 0 Å². The van der Waals surface area contributed by atoms with E-state index in [1.165, 1.54) is 0 Å². The Bertz CT molecular complexity index is 175. The smallest absolute Gasteiger partial charge is 0.337 e. The topological polar surface area (TPSA) is 53.7 Å². The number of ether oxygens (including phenoxy) is 1. The van der Waals surface area contributed by atoms with Gasteiger partial charge in [0.15, 0.2) is 0 Å². The van der Waals surface area contributed by atoms with Gasteiger partial charge in [0.25, 0.3) is 0 Å². The lowest BCUT2D eigenvalue weighted by atomic mass is 10.4. The zero-order valence-corrected chi connectivity index (χ0v) is 12.8. The molecule has 1 unspecified atom stereocenters. The minimum atomic E-state index is -1.97. The molecule has 0 aromatic carbocycles. The van der Waals surface area contributed by atoms with Gasteiger partial charge in [0.1, 0.15) is 6.23 Å². The SMILES string of the molecule is CCO[Si](CC)(CCCOC(N)CC)OCC. The molecule has 0 aliphatic carbocycles. The predicted octanol–water partition coefficient (Wildman–Crippen LogP) is 2.62. The van der Waals surface area contributed by atoms with Crippen LogP contribution >= 0.6 is 0 Å². The second kappa shape index (κ2) is 10.0. The zero-order valence-electron chi connectivity index (χ0n) is 11.8. The van der Waals surface area contributed by atoms with Crippen molar-refractivity contribution < 1.29 is 13.6 Å². The summed E-state index contributed by atoms with van der Waals surface area (Å²) >= 11 is 0. The lowest BCUT2D eigenvalue weighted by Crippen LogP contribution is -2.41. The summed E-state index contributed by atoms with van der Waals surface area (Å²) in [7, 11) is -1.97. The minimum absolute atomic E-state index is 0.133. The van der Waals surface area contributed by atoms with Crippen LogP contribution in [0.15, 0.2) is 0 Å². The molecule has 0 rings (SSSR count). The van der Waals surface area contributed by atoms with E-state index in [1.54, 1.807) is 0 Å². The fourth-order valence-electron chi connectivity index (χ4n) is 1.79. The molecule has 17 heavy (non-hydrogen) atoms. The molecule has 0 aliphatic rings. The van der Waals surface area contributed by atoms with E-state index in [0.717, 1.165) is 38.1 Å². The first-order valence-electron chi connectivity index (χ1n) is 6.79. The summed E-state index contributed by atoms with van der Waals surface area (Å²) in [6.45, 7) is 10.4. The van der Waals surface area contributed by atoms with Gasteiger partial charge in [0.2, 0.25) is 0 Å². The van der Waals surface area contributed by atoms with E-state index in [9.17, 15) is 0 Å². The third kappa shape index (κ3) is 7.16. The van der Waals surface area contributed by atoms with Crippen LogP contribution in [-0.2, 0) is 13.6 Å². The summed E-state index contributed by atoms with van der Waals surface area (Å²) in [5, 5.41) is 0. The van der Waals surface area contributed by atoms with E-state index < -0.39 is 8.56 Å². The van der Waals surface area contributed by atoms with Crippen LogP contribution in [0.3, 0.4) is 0 Å². The van der Waals surface area contributed by atoms with Crippen molar-refractivity contribution in [3.05, 3.63) is 0 Å². The molecule has 0 aliphatic heterocycles. The first-order valence-corrected chi connectivity index (χ1v) is 9.02. The Morgan fingerprint density at radius 1 is 1.06 bits per heavy atom. The molecule has 4 nitrogen and oxygen atoms in total. The van der Waals surface area contributed by atoms with Crippen LogP contribution in [-0.4, -0.2) is 34.6 Å². The molecule has 1 atom stereocenters. The average Bonchev–Trinajstić information content (AvgIpc) is 2.34. The van der Waals surface area contributed by atoms with Gasteiger partial charge in [-0.2, -0.15) is 0 Å². The van der Waals surface area contributed by atoms with E-state index in [1.807, 2.05) is 20.8 Å². The van der Waals surface area contributed by atoms with Gasteiger partial charge in [-0.3, -0.25) is 0 Å². The molecule has 0 aromatic heterocycles. The highest BCUT2D eigenvalue weighted by molar-refractivity contribution is 6.67. The average molecular weight is 263 g/mol. The summed E-state index contributed by atoms with van der Waals surface area (Å²) < 4.78 is 17.2. The van der Waals surface area contributed by atoms with Gasteiger partial charge in [-0.05, 0) is 38.8 Å². The van der Waals surface area contributed by atoms with Crippen LogP contribution in [0.5, 0.6) is 0 Å². The van der Waals surface area contributed by atoms with Crippen molar-refractivity contribution in [2.24, 2.45) is 5.73 Å². The first kappa shape index (κ1) is 17.1. The minimum Gasteiger partial charge on any atom is -0.394 e. The van der Waals surface area contributed by atoms with Gasteiger partial charge in [0, 0.05) is 19.8 Å². The number of nitrogens with two attached hydrogens (primary N) is 1. The van der Waals surface area contributed by atoms with Crippen molar-refractivity contribution in [3.63, 3.8) is 0 Å². The summed E-state index contributed by atoms with van der Waals surface area (Å²) in [6.07, 6.45) is 1.69. The number of hydrogen-bond acceptors (Lipinski definition) is 4. The molecule has 0 saturated carbocycles. The quantitative estimate of drug-likeness (QED) is 0.354. The van der Waals surface area contributed by atoms with E-state index in [0.29, 0.717) is 6.61 Å². The van der Waals surface area contributed by atoms with Crippen LogP contribution < -0.4 is 5.73 Å². The van der Waals surface area contributed by atoms with Crippen molar-refractivity contribution in [2.45, 2.75) is 58.9 Å². The van der Waals surface area contributed by atoms with Crippen molar-refractivity contribution in [2.75, 3.05) is 19.8 Å². The van der Waals surface area contributed by atoms with Gasteiger partial charge in [-0.1, -0.05) is 13.8 Å². The van der Waals surface area contributed by atoms with Crippen LogP contribution in [0.4, 0.5) is 0 Å². The van der Waals surface area contributed by atoms with E-state index in [-0.39, 0.29) is 6.23 Å². The summed E-state index contributed by atoms with van der Waals surface area (Å²) in [6, 6.07) is 1.98. The van der Waals surface area contributed by atoms with Gasteiger partial charge < -0.3 is 19.3 Å². The fraction of sp³-hybridized carbons (Fsp3) is 1.00. The van der Waals surface area contributed by atoms with E-state index >= 15 is 0 Å². The molecule has 0 saturated heterocycles. The standard InChI is InChI=1S/C12H29NO3Si/c1-5-12(13)14-10-9-11-17(8-4,15-6-2)16-7-3/h12H,5-11,13H2,1-4H3. The monoisotopic (exact) mass is 263 g/mol. The van der Waals surface area contributed by atoms with Crippen molar-refractivity contribution >= 4 is 8.56 Å². The molecule has 0 spiro atoms. The molecule has 2 N–H and O–H groups in total. The molecule has 104 valence electrons. The normalized spacial score (nSPS) is 13.9. The Labute approximate surface area is 107 Å². The Morgan fingerprint density at radius 2 is 1.65 bits per heavy atom. The van der Waals surface area contributed by atoms with E-state index in [2.05, 4.69) is 6.92 Å². The van der Waals surface area contributed by atoms with Crippen molar-refractivity contribution in [1.29, 1.82) is 0 Å². The summed E-state index contributed by atoms with van der Waals surface area (Å²) in [4.78, 5) is 0. The molecule has 0 heterocycles. The maximum atomic E-state index is 5.88. The second-order valence-electron chi connectivity index (χ2n) is 4.05. The van der Waals surface area contributed by atoms with Crippen molar-refractivity contribution in [1.82, 2.24) is 0 Å². The largest absolute Gasteiger partial charge is 0.394 e. The molecule has 0 amide bonds. The third-order valence-corrected chi connectivity index (χ3v) is 6.61. The molecule has 0 fully saturated rings. The van der Waals surface area contributed by atoms with Crippen LogP contribution in [0.2, 0.25) is 12.1 Å². The van der Waals surface area contributed by atoms with E-state index in [4.69, 9.17) is 19.3 Å². The Hall–Kier alpha value is 0.0569. The van der Waals surface area contributed by atoms with Crippen LogP contribution in [0.1, 0.15) is 40.5 Å². The Kier molecular flexibility index (Phi) is 10.1. The Morgan fingerprint density at radius 3 is 2.06 bits per heavy atom. The molecular formula is C12H29NO3Si. The summed E-state index contributed by atoms with van der Waals surface area (Å²) in [5.74, 6) is 0. The molecule has 0 bridgehead atoms. The highest BCUT2D eigenvalue weighted by Crippen LogP contribution is 2.21. The lowest BCUT2D eigenvalue weighted by Gasteiger charge is -2.29. The Balaban J connectivity index is 3.98. The first-order chi connectivity index (χ1) is 8.14. The zero-order chi connectivity index (χ0) is 13.1. The molecular weight excluding hydrogens is 234 g/mol. The summed E-state index contributed by atoms with van der Waals surface area (Å²) in [5.41, 5.74) is 5.70.